The fourth-order valence-corrected chi connectivity index (χ4v) is 10.3. The van der Waals surface area contributed by atoms with E-state index in [1.165, 1.54) is 99.5 Å². The van der Waals surface area contributed by atoms with E-state index in [0.29, 0.717) is 0 Å². The summed E-state index contributed by atoms with van der Waals surface area (Å²) < 4.78 is 2.45. The van der Waals surface area contributed by atoms with Gasteiger partial charge in [0.05, 0.1) is 16.6 Å². The van der Waals surface area contributed by atoms with Crippen LogP contribution in [-0.2, 0) is 0 Å². The molecule has 3 nitrogen and oxygen atoms in total. The number of aromatic nitrogens is 1. The Balaban J connectivity index is 1.02. The maximum Gasteiger partial charge on any atom is 0.252 e. The SMILES string of the molecule is c1ccc(N2c3ccccc3B3c4c(-c5ccc(-c6cc7c8ccccc8n8c9ccccc9c(c6)c78)cc5)cccc4N(c4ccccc4)c4cccc2c43)cc1. The summed E-state index contributed by atoms with van der Waals surface area (Å²) in [7, 11) is 0. The number of rotatable bonds is 4. The molecule has 0 amide bonds. The normalized spacial score (nSPS) is 13.1. The molecule has 2 aromatic heterocycles. The highest BCUT2D eigenvalue weighted by Gasteiger charge is 2.44. The van der Waals surface area contributed by atoms with Crippen molar-refractivity contribution in [2.45, 2.75) is 0 Å². The predicted octanol–water partition coefficient (Wildman–Crippen LogP) is 12.3. The second-order valence-electron chi connectivity index (χ2n) is 15.6. The van der Waals surface area contributed by atoms with Gasteiger partial charge in [0.2, 0.25) is 0 Å². The van der Waals surface area contributed by atoms with Gasteiger partial charge in [-0.15, -0.1) is 0 Å². The Hall–Kier alpha value is -7.56. The molecule has 0 spiro atoms. The van der Waals surface area contributed by atoms with Crippen LogP contribution in [0.25, 0.3) is 60.3 Å². The van der Waals surface area contributed by atoms with Gasteiger partial charge in [-0.05, 0) is 111 Å². The van der Waals surface area contributed by atoms with Crippen LogP contribution in [0.15, 0.2) is 206 Å². The van der Waals surface area contributed by atoms with Crippen LogP contribution in [0.1, 0.15) is 0 Å². The zero-order valence-corrected chi connectivity index (χ0v) is 31.5. The number of fused-ring (bicyclic) bond motifs is 10. The van der Waals surface area contributed by atoms with Gasteiger partial charge in [0.1, 0.15) is 0 Å². The number of para-hydroxylation sites is 5. The van der Waals surface area contributed by atoms with Crippen molar-refractivity contribution in [2.24, 2.45) is 0 Å². The molecule has 11 aromatic rings. The molecular weight excluding hydrogens is 701 g/mol. The number of nitrogens with zero attached hydrogens (tertiary/aromatic N) is 3. The molecular formula is C54H34BN3. The van der Waals surface area contributed by atoms with E-state index in [2.05, 4.69) is 220 Å². The maximum absolute atomic E-state index is 2.48. The second kappa shape index (κ2) is 12.0. The third kappa shape index (κ3) is 4.29. The summed E-state index contributed by atoms with van der Waals surface area (Å²) in [4.78, 5) is 4.93. The predicted molar refractivity (Wildman–Crippen MR) is 246 cm³/mol. The third-order valence-electron chi connectivity index (χ3n) is 12.7. The Morgan fingerprint density at radius 2 is 0.810 bits per heavy atom. The molecule has 0 saturated carbocycles. The lowest BCUT2D eigenvalue weighted by atomic mass is 9.32. The van der Waals surface area contributed by atoms with Crippen LogP contribution < -0.4 is 26.2 Å². The molecule has 0 radical (unpaired) electrons. The van der Waals surface area contributed by atoms with E-state index in [1.807, 2.05) is 0 Å². The van der Waals surface area contributed by atoms with Gasteiger partial charge < -0.3 is 14.2 Å². The number of hydrogen-bond donors (Lipinski definition) is 0. The molecule has 4 heteroatoms. The first-order chi connectivity index (χ1) is 28.8. The average Bonchev–Trinajstić information content (AvgIpc) is 3.81. The van der Waals surface area contributed by atoms with E-state index in [9.17, 15) is 0 Å². The van der Waals surface area contributed by atoms with Crippen LogP contribution in [-0.4, -0.2) is 11.1 Å². The molecule has 0 bridgehead atoms. The van der Waals surface area contributed by atoms with Crippen LogP contribution in [0.2, 0.25) is 0 Å². The summed E-state index contributed by atoms with van der Waals surface area (Å²) in [6.07, 6.45) is 0. The van der Waals surface area contributed by atoms with Gasteiger partial charge >= 0.3 is 0 Å². The van der Waals surface area contributed by atoms with E-state index in [4.69, 9.17) is 0 Å². The Morgan fingerprint density at radius 1 is 0.328 bits per heavy atom. The molecule has 58 heavy (non-hydrogen) atoms. The minimum Gasteiger partial charge on any atom is -0.311 e. The monoisotopic (exact) mass is 735 g/mol. The van der Waals surface area contributed by atoms with Crippen LogP contribution in [0.5, 0.6) is 0 Å². The molecule has 2 aliphatic rings. The van der Waals surface area contributed by atoms with Crippen molar-refractivity contribution in [3.8, 4) is 22.3 Å². The molecule has 0 N–H and O–H groups in total. The third-order valence-corrected chi connectivity index (χ3v) is 12.7. The first kappa shape index (κ1) is 31.6. The molecule has 268 valence electrons. The van der Waals surface area contributed by atoms with Gasteiger partial charge in [-0.2, -0.15) is 0 Å². The fraction of sp³-hybridized carbons (Fsp3) is 0. The molecule has 0 fully saturated rings. The second-order valence-corrected chi connectivity index (χ2v) is 15.6. The zero-order valence-electron chi connectivity index (χ0n) is 31.5. The summed E-state index contributed by atoms with van der Waals surface area (Å²) >= 11 is 0. The van der Waals surface area contributed by atoms with Crippen molar-refractivity contribution in [3.05, 3.63) is 206 Å². The molecule has 0 saturated heterocycles. The summed E-state index contributed by atoms with van der Waals surface area (Å²) in [5.41, 5.74) is 19.9. The molecule has 13 rings (SSSR count). The van der Waals surface area contributed by atoms with Crippen molar-refractivity contribution in [3.63, 3.8) is 0 Å². The van der Waals surface area contributed by atoms with E-state index >= 15 is 0 Å². The summed E-state index contributed by atoms with van der Waals surface area (Å²) in [5.74, 6) is 0. The smallest absolute Gasteiger partial charge is 0.252 e. The lowest BCUT2D eigenvalue weighted by Crippen LogP contribution is -2.61. The van der Waals surface area contributed by atoms with Crippen molar-refractivity contribution in [2.75, 3.05) is 9.80 Å². The molecule has 9 aromatic carbocycles. The highest BCUT2D eigenvalue weighted by atomic mass is 15.2. The number of hydrogen-bond acceptors (Lipinski definition) is 2. The quantitative estimate of drug-likeness (QED) is 0.167. The summed E-state index contributed by atoms with van der Waals surface area (Å²) in [6.45, 7) is 0.0390. The molecule has 4 heterocycles. The first-order valence-corrected chi connectivity index (χ1v) is 20.1. The Morgan fingerprint density at radius 3 is 1.45 bits per heavy atom. The van der Waals surface area contributed by atoms with Gasteiger partial charge in [0, 0.05) is 55.7 Å². The first-order valence-electron chi connectivity index (χ1n) is 20.1. The molecule has 0 atom stereocenters. The van der Waals surface area contributed by atoms with Gasteiger partial charge in [-0.3, -0.25) is 0 Å². The Kier molecular flexibility index (Phi) is 6.53. The van der Waals surface area contributed by atoms with E-state index < -0.39 is 0 Å². The molecule has 2 aliphatic heterocycles. The van der Waals surface area contributed by atoms with Crippen LogP contribution in [0.3, 0.4) is 0 Å². The van der Waals surface area contributed by atoms with E-state index in [-0.39, 0.29) is 6.71 Å². The molecule has 0 unspecified atom stereocenters. The van der Waals surface area contributed by atoms with Crippen molar-refractivity contribution >= 4 is 95.3 Å². The molecule has 0 aliphatic carbocycles. The van der Waals surface area contributed by atoms with Crippen molar-refractivity contribution in [1.29, 1.82) is 0 Å². The Bertz CT molecular complexity index is 3310. The van der Waals surface area contributed by atoms with Crippen molar-refractivity contribution < 1.29 is 0 Å². The topological polar surface area (TPSA) is 10.9 Å². The van der Waals surface area contributed by atoms with Crippen LogP contribution in [0.4, 0.5) is 34.1 Å². The van der Waals surface area contributed by atoms with Crippen LogP contribution >= 0.6 is 0 Å². The summed E-state index contributed by atoms with van der Waals surface area (Å²) in [5, 5.41) is 5.20. The lowest BCUT2D eigenvalue weighted by molar-refractivity contribution is 1.25. The van der Waals surface area contributed by atoms with Gasteiger partial charge in [0.15, 0.2) is 0 Å². The van der Waals surface area contributed by atoms with Crippen LogP contribution in [0, 0.1) is 0 Å². The summed E-state index contributed by atoms with van der Waals surface area (Å²) in [6, 6.07) is 76.1. The van der Waals surface area contributed by atoms with Gasteiger partial charge in [-0.1, -0.05) is 133 Å². The maximum atomic E-state index is 2.48. The van der Waals surface area contributed by atoms with Gasteiger partial charge in [-0.25, -0.2) is 0 Å². The zero-order chi connectivity index (χ0) is 37.9. The lowest BCUT2D eigenvalue weighted by Gasteiger charge is -2.44. The number of benzene rings is 9. The van der Waals surface area contributed by atoms with Gasteiger partial charge in [0.25, 0.3) is 6.71 Å². The van der Waals surface area contributed by atoms with E-state index in [0.717, 1.165) is 11.4 Å². The highest BCUT2D eigenvalue weighted by Crippen LogP contribution is 2.46. The van der Waals surface area contributed by atoms with Crippen molar-refractivity contribution in [1.82, 2.24) is 4.40 Å². The Labute approximate surface area is 336 Å². The fourth-order valence-electron chi connectivity index (χ4n) is 10.3. The number of anilines is 6. The highest BCUT2D eigenvalue weighted by molar-refractivity contribution is 7.01. The average molecular weight is 736 g/mol. The minimum atomic E-state index is 0.0390. The van der Waals surface area contributed by atoms with E-state index in [1.54, 1.807) is 0 Å². The largest absolute Gasteiger partial charge is 0.311 e. The minimum absolute atomic E-state index is 0.0390. The standard InChI is InChI=1S/C54H34BN3/c1-3-15-38(16-4-1)56-48-25-12-9-22-45(48)55-52-40(21-13-26-49(52)57(39-17-5-2-6-18-39)51-28-14-27-50(56)53(51)55)36-31-29-35(30-32-36)37-33-43-41-19-7-10-23-46(41)58-47-24-11-8-20-42(47)44(34-37)54(43)58/h1-34H.